The first-order valence-corrected chi connectivity index (χ1v) is 8.35. The maximum Gasteiger partial charge on any atom is 0.146 e. The second-order valence-corrected chi connectivity index (χ2v) is 6.49. The third kappa shape index (κ3) is 2.74. The summed E-state index contributed by atoms with van der Waals surface area (Å²) in [4.78, 5) is 5.29. The van der Waals surface area contributed by atoms with Crippen LogP contribution in [0.1, 0.15) is 24.8 Å². The van der Waals surface area contributed by atoms with Crippen molar-refractivity contribution < 1.29 is 4.74 Å². The van der Waals surface area contributed by atoms with E-state index >= 15 is 0 Å². The van der Waals surface area contributed by atoms with Gasteiger partial charge in [0.15, 0.2) is 0 Å². The van der Waals surface area contributed by atoms with Gasteiger partial charge in [0, 0.05) is 37.8 Å². The van der Waals surface area contributed by atoms with E-state index in [1.807, 2.05) is 0 Å². The summed E-state index contributed by atoms with van der Waals surface area (Å²) in [5, 5.41) is 3.43. The van der Waals surface area contributed by atoms with Gasteiger partial charge in [-0.2, -0.15) is 0 Å². The molecule has 114 valence electrons. The molecule has 3 heterocycles. The minimum Gasteiger partial charge on any atom is -0.489 e. The zero-order valence-corrected chi connectivity index (χ0v) is 12.7. The van der Waals surface area contributed by atoms with Crippen molar-refractivity contribution in [1.82, 2.24) is 9.80 Å². The van der Waals surface area contributed by atoms with E-state index < -0.39 is 0 Å². The standard InChI is InChI=1S/C17H25N3O/c1-2-9-20(8-1)15-6-10-19(13-15)12-14-4-3-5-16-17(14)21-11-7-18-16/h3-5,15,18H,1-2,6-13H2. The van der Waals surface area contributed by atoms with Crippen LogP contribution in [0.5, 0.6) is 5.75 Å². The SMILES string of the molecule is c1cc(CN2CCC(N3CCCC3)C2)c2c(c1)NCCO2. The largest absolute Gasteiger partial charge is 0.489 e. The molecule has 0 amide bonds. The molecule has 0 radical (unpaired) electrons. The Morgan fingerprint density at radius 3 is 3.00 bits per heavy atom. The average molecular weight is 287 g/mol. The number of ether oxygens (including phenoxy) is 1. The van der Waals surface area contributed by atoms with Crippen LogP contribution >= 0.6 is 0 Å². The highest BCUT2D eigenvalue weighted by Crippen LogP contribution is 2.33. The van der Waals surface area contributed by atoms with E-state index in [0.717, 1.165) is 37.2 Å². The lowest BCUT2D eigenvalue weighted by Crippen LogP contribution is -2.35. The van der Waals surface area contributed by atoms with Crippen molar-refractivity contribution in [3.8, 4) is 5.75 Å². The molecule has 0 spiro atoms. The zero-order valence-electron chi connectivity index (χ0n) is 12.7. The number of nitrogens with one attached hydrogen (secondary N) is 1. The highest BCUT2D eigenvalue weighted by atomic mass is 16.5. The fourth-order valence-corrected chi connectivity index (χ4v) is 3.96. The molecule has 0 bridgehead atoms. The van der Waals surface area contributed by atoms with Crippen molar-refractivity contribution in [3.63, 3.8) is 0 Å². The monoisotopic (exact) mass is 287 g/mol. The van der Waals surface area contributed by atoms with Crippen LogP contribution < -0.4 is 10.1 Å². The third-order valence-electron chi connectivity index (χ3n) is 5.06. The molecular weight excluding hydrogens is 262 g/mol. The van der Waals surface area contributed by atoms with Crippen LogP contribution in [-0.4, -0.2) is 55.2 Å². The van der Waals surface area contributed by atoms with Crippen molar-refractivity contribution in [2.45, 2.75) is 31.8 Å². The lowest BCUT2D eigenvalue weighted by atomic mass is 10.1. The summed E-state index contributed by atoms with van der Waals surface area (Å²) in [6.07, 6.45) is 4.11. The summed E-state index contributed by atoms with van der Waals surface area (Å²) < 4.78 is 5.89. The van der Waals surface area contributed by atoms with E-state index in [4.69, 9.17) is 4.74 Å². The summed E-state index contributed by atoms with van der Waals surface area (Å²) in [6, 6.07) is 7.26. The molecule has 1 aromatic carbocycles. The molecule has 3 aliphatic heterocycles. The highest BCUT2D eigenvalue weighted by molar-refractivity contribution is 5.61. The quantitative estimate of drug-likeness (QED) is 0.922. The molecule has 1 N–H and O–H groups in total. The van der Waals surface area contributed by atoms with Crippen LogP contribution in [-0.2, 0) is 6.54 Å². The van der Waals surface area contributed by atoms with Crippen molar-refractivity contribution >= 4 is 5.69 Å². The van der Waals surface area contributed by atoms with Crippen molar-refractivity contribution in [3.05, 3.63) is 23.8 Å². The van der Waals surface area contributed by atoms with Crippen LogP contribution in [0.4, 0.5) is 5.69 Å². The molecule has 1 unspecified atom stereocenters. The lowest BCUT2D eigenvalue weighted by Gasteiger charge is -2.25. The van der Waals surface area contributed by atoms with Gasteiger partial charge in [-0.05, 0) is 38.4 Å². The van der Waals surface area contributed by atoms with Crippen LogP contribution in [0.3, 0.4) is 0 Å². The number of hydrogen-bond donors (Lipinski definition) is 1. The van der Waals surface area contributed by atoms with E-state index in [9.17, 15) is 0 Å². The number of para-hydroxylation sites is 1. The predicted molar refractivity (Wildman–Crippen MR) is 84.9 cm³/mol. The Morgan fingerprint density at radius 1 is 1.19 bits per heavy atom. The van der Waals surface area contributed by atoms with Gasteiger partial charge >= 0.3 is 0 Å². The molecule has 4 heteroatoms. The number of rotatable bonds is 3. The molecule has 2 saturated heterocycles. The van der Waals surface area contributed by atoms with Crippen LogP contribution in [0.25, 0.3) is 0 Å². The van der Waals surface area contributed by atoms with Gasteiger partial charge < -0.3 is 10.1 Å². The van der Waals surface area contributed by atoms with Gasteiger partial charge in [-0.25, -0.2) is 0 Å². The van der Waals surface area contributed by atoms with E-state index in [1.54, 1.807) is 0 Å². The number of nitrogens with zero attached hydrogens (tertiary/aromatic N) is 2. The smallest absolute Gasteiger partial charge is 0.146 e. The van der Waals surface area contributed by atoms with Gasteiger partial charge in [-0.3, -0.25) is 9.80 Å². The van der Waals surface area contributed by atoms with Crippen LogP contribution in [0.2, 0.25) is 0 Å². The van der Waals surface area contributed by atoms with E-state index in [-0.39, 0.29) is 0 Å². The maximum absolute atomic E-state index is 5.89. The van der Waals surface area contributed by atoms with E-state index in [0.29, 0.717) is 0 Å². The van der Waals surface area contributed by atoms with Gasteiger partial charge in [-0.1, -0.05) is 12.1 Å². The lowest BCUT2D eigenvalue weighted by molar-refractivity contribution is 0.228. The number of fused-ring (bicyclic) bond motifs is 1. The molecule has 4 rings (SSSR count). The first-order valence-electron chi connectivity index (χ1n) is 8.35. The maximum atomic E-state index is 5.89. The van der Waals surface area contributed by atoms with E-state index in [1.165, 1.54) is 51.0 Å². The van der Waals surface area contributed by atoms with Gasteiger partial charge in [0.2, 0.25) is 0 Å². The molecule has 0 aliphatic carbocycles. The fourth-order valence-electron chi connectivity index (χ4n) is 3.96. The van der Waals surface area contributed by atoms with Gasteiger partial charge in [-0.15, -0.1) is 0 Å². The Bertz CT molecular complexity index is 499. The fraction of sp³-hybridized carbons (Fsp3) is 0.647. The Labute approximate surface area is 127 Å². The third-order valence-corrected chi connectivity index (χ3v) is 5.06. The summed E-state index contributed by atoms with van der Waals surface area (Å²) in [5.41, 5.74) is 2.50. The molecule has 4 nitrogen and oxygen atoms in total. The molecule has 1 aromatic rings. The minimum atomic E-state index is 0.778. The van der Waals surface area contributed by atoms with Crippen LogP contribution in [0, 0.1) is 0 Å². The van der Waals surface area contributed by atoms with E-state index in [2.05, 4.69) is 33.3 Å². The summed E-state index contributed by atoms with van der Waals surface area (Å²) in [7, 11) is 0. The van der Waals surface area contributed by atoms with Crippen molar-refractivity contribution in [2.24, 2.45) is 0 Å². The number of likely N-dealkylation sites (tertiary alicyclic amines) is 2. The first kappa shape index (κ1) is 13.4. The molecular formula is C17H25N3O. The predicted octanol–water partition coefficient (Wildman–Crippen LogP) is 2.16. The number of anilines is 1. The molecule has 3 aliphatic rings. The second kappa shape index (κ2) is 5.85. The number of benzene rings is 1. The minimum absolute atomic E-state index is 0.778. The Morgan fingerprint density at radius 2 is 2.10 bits per heavy atom. The van der Waals surface area contributed by atoms with Gasteiger partial charge in [0.25, 0.3) is 0 Å². The van der Waals surface area contributed by atoms with Crippen molar-refractivity contribution in [2.75, 3.05) is 44.6 Å². The zero-order chi connectivity index (χ0) is 14.1. The Balaban J connectivity index is 1.42. The summed E-state index contributed by atoms with van der Waals surface area (Å²) in [5.74, 6) is 1.08. The first-order chi connectivity index (χ1) is 10.4. The van der Waals surface area contributed by atoms with Gasteiger partial charge in [0.05, 0.1) is 5.69 Å². The summed E-state index contributed by atoms with van der Waals surface area (Å²) >= 11 is 0. The molecule has 0 saturated carbocycles. The Kier molecular flexibility index (Phi) is 3.74. The topological polar surface area (TPSA) is 27.7 Å². The normalized spacial score (nSPS) is 26.4. The molecule has 2 fully saturated rings. The molecule has 1 atom stereocenters. The highest BCUT2D eigenvalue weighted by Gasteiger charge is 2.29. The average Bonchev–Trinajstić information content (AvgIpc) is 3.18. The van der Waals surface area contributed by atoms with Gasteiger partial charge in [0.1, 0.15) is 12.4 Å². The van der Waals surface area contributed by atoms with Crippen LogP contribution in [0.15, 0.2) is 18.2 Å². The second-order valence-electron chi connectivity index (χ2n) is 6.49. The van der Waals surface area contributed by atoms with Crippen molar-refractivity contribution in [1.29, 1.82) is 0 Å². The number of hydrogen-bond acceptors (Lipinski definition) is 4. The molecule has 0 aromatic heterocycles. The summed E-state index contributed by atoms with van der Waals surface area (Å²) in [6.45, 7) is 7.78. The molecule has 21 heavy (non-hydrogen) atoms. The Hall–Kier alpha value is -1.26.